The first kappa shape index (κ1) is 11.8. The van der Waals surface area contributed by atoms with Crippen molar-refractivity contribution in [2.75, 3.05) is 0 Å². The van der Waals surface area contributed by atoms with Crippen molar-refractivity contribution in [3.8, 4) is 11.1 Å². The molecule has 2 aromatic carbocycles. The molecule has 1 heterocycles. The molecule has 0 aliphatic carbocycles. The highest BCUT2D eigenvalue weighted by Gasteiger charge is 2.10. The highest BCUT2D eigenvalue weighted by atomic mass is 16.1. The molecule has 0 saturated carbocycles. The standard InChI is InChI=1S/C16H16N2O/c1-11(2)18-15-9-8-13(10-14(15)17-16(18)19)12-6-4-3-5-7-12/h3-11H,1-2H3,(H,17,19). The van der Waals surface area contributed by atoms with E-state index in [0.717, 1.165) is 22.2 Å². The summed E-state index contributed by atoms with van der Waals surface area (Å²) in [5.41, 5.74) is 4.07. The van der Waals surface area contributed by atoms with Gasteiger partial charge in [0, 0.05) is 6.04 Å². The van der Waals surface area contributed by atoms with Crippen LogP contribution < -0.4 is 5.69 Å². The number of imidazole rings is 1. The molecule has 3 heteroatoms. The lowest BCUT2D eigenvalue weighted by Crippen LogP contribution is -2.18. The lowest BCUT2D eigenvalue weighted by Gasteiger charge is -2.07. The summed E-state index contributed by atoms with van der Waals surface area (Å²) in [7, 11) is 0. The van der Waals surface area contributed by atoms with E-state index in [1.54, 1.807) is 4.57 Å². The van der Waals surface area contributed by atoms with Crippen molar-refractivity contribution >= 4 is 11.0 Å². The minimum atomic E-state index is -0.0461. The third-order valence-electron chi connectivity index (χ3n) is 3.34. The Kier molecular flexibility index (Phi) is 2.75. The van der Waals surface area contributed by atoms with Crippen molar-refractivity contribution in [1.29, 1.82) is 0 Å². The molecular weight excluding hydrogens is 236 g/mol. The molecule has 0 aliphatic heterocycles. The summed E-state index contributed by atoms with van der Waals surface area (Å²) in [5, 5.41) is 0. The van der Waals surface area contributed by atoms with Gasteiger partial charge >= 0.3 is 5.69 Å². The van der Waals surface area contributed by atoms with E-state index in [1.165, 1.54) is 0 Å². The van der Waals surface area contributed by atoms with Gasteiger partial charge in [-0.25, -0.2) is 4.79 Å². The van der Waals surface area contributed by atoms with E-state index in [-0.39, 0.29) is 11.7 Å². The number of hydrogen-bond acceptors (Lipinski definition) is 1. The first-order chi connectivity index (χ1) is 9.16. The summed E-state index contributed by atoms with van der Waals surface area (Å²) >= 11 is 0. The third kappa shape index (κ3) is 1.97. The second kappa shape index (κ2) is 4.43. The number of fused-ring (bicyclic) bond motifs is 1. The Balaban J connectivity index is 2.21. The van der Waals surface area contributed by atoms with Crippen LogP contribution in [0.25, 0.3) is 22.2 Å². The summed E-state index contributed by atoms with van der Waals surface area (Å²) < 4.78 is 1.78. The van der Waals surface area contributed by atoms with Gasteiger partial charge in [0.2, 0.25) is 0 Å². The zero-order valence-electron chi connectivity index (χ0n) is 11.1. The smallest absolute Gasteiger partial charge is 0.306 e. The highest BCUT2D eigenvalue weighted by Crippen LogP contribution is 2.23. The lowest BCUT2D eigenvalue weighted by molar-refractivity contribution is 0.598. The van der Waals surface area contributed by atoms with Gasteiger partial charge in [0.25, 0.3) is 0 Å². The monoisotopic (exact) mass is 252 g/mol. The predicted octanol–water partition coefficient (Wildman–Crippen LogP) is 3.58. The number of nitrogens with zero attached hydrogens (tertiary/aromatic N) is 1. The van der Waals surface area contributed by atoms with Crippen LogP contribution in [0.15, 0.2) is 53.3 Å². The molecule has 0 amide bonds. The molecule has 0 fully saturated rings. The summed E-state index contributed by atoms with van der Waals surface area (Å²) in [6, 6.07) is 16.4. The van der Waals surface area contributed by atoms with Gasteiger partial charge < -0.3 is 4.98 Å². The van der Waals surface area contributed by atoms with E-state index in [0.29, 0.717) is 0 Å². The van der Waals surface area contributed by atoms with Crippen LogP contribution in [0, 0.1) is 0 Å². The maximum atomic E-state index is 11.9. The minimum absolute atomic E-state index is 0.0461. The summed E-state index contributed by atoms with van der Waals surface area (Å²) in [4.78, 5) is 14.9. The Morgan fingerprint density at radius 1 is 1.00 bits per heavy atom. The van der Waals surface area contributed by atoms with Crippen LogP contribution in [0.2, 0.25) is 0 Å². The van der Waals surface area contributed by atoms with E-state index in [4.69, 9.17) is 0 Å². The molecule has 1 aromatic heterocycles. The first-order valence-electron chi connectivity index (χ1n) is 6.46. The average molecular weight is 252 g/mol. The van der Waals surface area contributed by atoms with Crippen LogP contribution in [-0.4, -0.2) is 9.55 Å². The van der Waals surface area contributed by atoms with Crippen LogP contribution in [-0.2, 0) is 0 Å². The largest absolute Gasteiger partial charge is 0.326 e. The van der Waals surface area contributed by atoms with E-state index < -0.39 is 0 Å². The van der Waals surface area contributed by atoms with Crippen molar-refractivity contribution in [3.05, 3.63) is 59.0 Å². The Hall–Kier alpha value is -2.29. The number of benzene rings is 2. The van der Waals surface area contributed by atoms with Crippen molar-refractivity contribution in [2.45, 2.75) is 19.9 Å². The minimum Gasteiger partial charge on any atom is -0.306 e. The summed E-state index contributed by atoms with van der Waals surface area (Å²) in [5.74, 6) is 0. The van der Waals surface area contributed by atoms with Crippen LogP contribution in [0.5, 0.6) is 0 Å². The van der Waals surface area contributed by atoms with Gasteiger partial charge in [-0.1, -0.05) is 36.4 Å². The second-order valence-corrected chi connectivity index (χ2v) is 4.99. The lowest BCUT2D eigenvalue weighted by atomic mass is 10.1. The summed E-state index contributed by atoms with van der Waals surface area (Å²) in [6.45, 7) is 4.03. The van der Waals surface area contributed by atoms with Crippen molar-refractivity contribution in [1.82, 2.24) is 9.55 Å². The van der Waals surface area contributed by atoms with Crippen LogP contribution in [0.3, 0.4) is 0 Å². The molecule has 19 heavy (non-hydrogen) atoms. The highest BCUT2D eigenvalue weighted by molar-refractivity contribution is 5.82. The fourth-order valence-corrected chi connectivity index (χ4v) is 2.45. The van der Waals surface area contributed by atoms with Gasteiger partial charge in [-0.15, -0.1) is 0 Å². The molecule has 0 atom stereocenters. The number of aromatic amines is 1. The van der Waals surface area contributed by atoms with Gasteiger partial charge in [0.05, 0.1) is 11.0 Å². The molecule has 0 spiro atoms. The zero-order valence-corrected chi connectivity index (χ0v) is 11.1. The van der Waals surface area contributed by atoms with Crippen molar-refractivity contribution in [3.63, 3.8) is 0 Å². The molecule has 0 saturated heterocycles. The SMILES string of the molecule is CC(C)n1c(=O)[nH]c2cc(-c3ccccc3)ccc21. The number of H-pyrrole nitrogens is 1. The number of rotatable bonds is 2. The molecule has 3 nitrogen and oxygen atoms in total. The average Bonchev–Trinajstić information content (AvgIpc) is 2.74. The summed E-state index contributed by atoms with van der Waals surface area (Å²) in [6.07, 6.45) is 0. The molecule has 0 bridgehead atoms. The Morgan fingerprint density at radius 3 is 2.42 bits per heavy atom. The van der Waals surface area contributed by atoms with E-state index in [1.807, 2.05) is 44.2 Å². The molecule has 96 valence electrons. The normalized spacial score (nSPS) is 11.3. The number of nitrogens with one attached hydrogen (secondary N) is 1. The van der Waals surface area contributed by atoms with Crippen LogP contribution in [0.1, 0.15) is 19.9 Å². The number of aromatic nitrogens is 2. The van der Waals surface area contributed by atoms with Gasteiger partial charge in [0.1, 0.15) is 0 Å². The fraction of sp³-hybridized carbons (Fsp3) is 0.188. The van der Waals surface area contributed by atoms with E-state index in [2.05, 4.69) is 23.2 Å². The van der Waals surface area contributed by atoms with Crippen LogP contribution in [0.4, 0.5) is 0 Å². The molecule has 0 aliphatic rings. The molecule has 3 rings (SSSR count). The fourth-order valence-electron chi connectivity index (χ4n) is 2.45. The second-order valence-electron chi connectivity index (χ2n) is 4.99. The molecule has 0 unspecified atom stereocenters. The Labute approximate surface area is 111 Å². The third-order valence-corrected chi connectivity index (χ3v) is 3.34. The maximum absolute atomic E-state index is 11.9. The van der Waals surface area contributed by atoms with Crippen molar-refractivity contribution in [2.24, 2.45) is 0 Å². The van der Waals surface area contributed by atoms with E-state index >= 15 is 0 Å². The Morgan fingerprint density at radius 2 is 1.74 bits per heavy atom. The molecular formula is C16H16N2O. The zero-order chi connectivity index (χ0) is 13.4. The molecule has 0 radical (unpaired) electrons. The first-order valence-corrected chi connectivity index (χ1v) is 6.46. The Bertz CT molecular complexity index is 766. The van der Waals surface area contributed by atoms with Gasteiger partial charge in [0.15, 0.2) is 0 Å². The predicted molar refractivity (Wildman–Crippen MR) is 78.4 cm³/mol. The van der Waals surface area contributed by atoms with E-state index in [9.17, 15) is 4.79 Å². The quantitative estimate of drug-likeness (QED) is 0.743. The van der Waals surface area contributed by atoms with Crippen molar-refractivity contribution < 1.29 is 0 Å². The molecule has 3 aromatic rings. The number of hydrogen-bond donors (Lipinski definition) is 1. The van der Waals surface area contributed by atoms with Gasteiger partial charge in [-0.05, 0) is 37.1 Å². The van der Waals surface area contributed by atoms with Crippen LogP contribution >= 0.6 is 0 Å². The van der Waals surface area contributed by atoms with Gasteiger partial charge in [-0.3, -0.25) is 4.57 Å². The maximum Gasteiger partial charge on any atom is 0.326 e. The van der Waals surface area contributed by atoms with Gasteiger partial charge in [-0.2, -0.15) is 0 Å². The molecule has 1 N–H and O–H groups in total. The topological polar surface area (TPSA) is 37.8 Å².